The summed E-state index contributed by atoms with van der Waals surface area (Å²) >= 11 is 1.79. The van der Waals surface area contributed by atoms with Crippen LogP contribution in [0, 0.1) is 0 Å². The monoisotopic (exact) mass is 261 g/mol. The molecule has 0 radical (unpaired) electrons. The quantitative estimate of drug-likeness (QED) is 0.740. The van der Waals surface area contributed by atoms with E-state index in [0.717, 1.165) is 12.2 Å². The zero-order valence-corrected chi connectivity index (χ0v) is 11.6. The number of nitrogens with one attached hydrogen (secondary N) is 1. The zero-order valence-electron chi connectivity index (χ0n) is 10.7. The van der Waals surface area contributed by atoms with Gasteiger partial charge >= 0.3 is 0 Å². The molecule has 2 rings (SSSR count). The Bertz CT molecular complexity index is 518. The maximum absolute atomic E-state index is 5.79. The maximum atomic E-state index is 5.79. The molecule has 0 atom stereocenters. The number of nitrogen functional groups attached to an aromatic ring is 2. The van der Waals surface area contributed by atoms with Gasteiger partial charge < -0.3 is 16.8 Å². The lowest BCUT2D eigenvalue weighted by atomic mass is 9.91. The summed E-state index contributed by atoms with van der Waals surface area (Å²) in [6.45, 7) is 5.32. The van der Waals surface area contributed by atoms with Gasteiger partial charge in [0.15, 0.2) is 0 Å². The maximum Gasteiger partial charge on any atom is 0.0568 e. The van der Waals surface area contributed by atoms with Crippen molar-refractivity contribution in [3.05, 3.63) is 40.6 Å². The van der Waals surface area contributed by atoms with Gasteiger partial charge in [0.25, 0.3) is 0 Å². The van der Waals surface area contributed by atoms with Crippen molar-refractivity contribution in [3.8, 4) is 0 Å². The highest BCUT2D eigenvalue weighted by Gasteiger charge is 2.21. The molecular weight excluding hydrogens is 242 g/mol. The van der Waals surface area contributed by atoms with E-state index in [1.165, 1.54) is 4.88 Å². The van der Waals surface area contributed by atoms with E-state index in [9.17, 15) is 0 Å². The second kappa shape index (κ2) is 4.90. The van der Waals surface area contributed by atoms with Gasteiger partial charge in [0.2, 0.25) is 0 Å². The van der Waals surface area contributed by atoms with E-state index < -0.39 is 0 Å². The molecule has 96 valence electrons. The van der Waals surface area contributed by atoms with Crippen LogP contribution in [-0.2, 0) is 5.41 Å². The second-order valence-corrected chi connectivity index (χ2v) is 6.01. The summed E-state index contributed by atoms with van der Waals surface area (Å²) in [5.74, 6) is 0. The summed E-state index contributed by atoms with van der Waals surface area (Å²) in [7, 11) is 0. The molecular formula is C14H19N3S. The van der Waals surface area contributed by atoms with E-state index in [1.54, 1.807) is 11.3 Å². The molecule has 0 spiro atoms. The summed E-state index contributed by atoms with van der Waals surface area (Å²) < 4.78 is 0. The minimum Gasteiger partial charge on any atom is -0.397 e. The summed E-state index contributed by atoms with van der Waals surface area (Å²) in [5.41, 5.74) is 13.8. The van der Waals surface area contributed by atoms with Crippen LogP contribution < -0.4 is 16.8 Å². The molecule has 0 bridgehead atoms. The standard InChI is InChI=1S/C14H19N3S/c1-14(2,13-4-3-7-18-13)9-17-10-5-6-11(15)12(16)8-10/h3-8,17H,9,15-16H2,1-2H3. The minimum atomic E-state index is 0.102. The van der Waals surface area contributed by atoms with Gasteiger partial charge in [0, 0.05) is 22.5 Å². The zero-order chi connectivity index (χ0) is 13.2. The molecule has 0 saturated heterocycles. The highest BCUT2D eigenvalue weighted by Crippen LogP contribution is 2.28. The van der Waals surface area contributed by atoms with Crippen LogP contribution in [0.4, 0.5) is 17.1 Å². The molecule has 0 fully saturated rings. The van der Waals surface area contributed by atoms with Gasteiger partial charge in [-0.25, -0.2) is 0 Å². The van der Waals surface area contributed by atoms with Crippen molar-refractivity contribution in [3.63, 3.8) is 0 Å². The minimum absolute atomic E-state index is 0.102. The number of benzene rings is 1. The summed E-state index contributed by atoms with van der Waals surface area (Å²) in [5, 5.41) is 5.52. The van der Waals surface area contributed by atoms with Crippen LogP contribution in [0.15, 0.2) is 35.7 Å². The van der Waals surface area contributed by atoms with Gasteiger partial charge in [-0.3, -0.25) is 0 Å². The van der Waals surface area contributed by atoms with Crippen molar-refractivity contribution in [1.82, 2.24) is 0 Å². The van der Waals surface area contributed by atoms with Crippen molar-refractivity contribution in [2.24, 2.45) is 0 Å². The third-order valence-electron chi connectivity index (χ3n) is 3.01. The molecule has 5 N–H and O–H groups in total. The highest BCUT2D eigenvalue weighted by atomic mass is 32.1. The van der Waals surface area contributed by atoms with Crippen molar-refractivity contribution >= 4 is 28.4 Å². The van der Waals surface area contributed by atoms with Gasteiger partial charge in [-0.15, -0.1) is 11.3 Å². The molecule has 0 unspecified atom stereocenters. The topological polar surface area (TPSA) is 64.1 Å². The molecule has 4 heteroatoms. The predicted octanol–water partition coefficient (Wildman–Crippen LogP) is 3.30. The van der Waals surface area contributed by atoms with Crippen molar-refractivity contribution in [2.75, 3.05) is 23.3 Å². The molecule has 18 heavy (non-hydrogen) atoms. The molecule has 0 aliphatic rings. The van der Waals surface area contributed by atoms with Crippen LogP contribution in [0.25, 0.3) is 0 Å². The summed E-state index contributed by atoms with van der Waals surface area (Å²) in [4.78, 5) is 1.37. The first-order valence-electron chi connectivity index (χ1n) is 5.92. The molecule has 1 heterocycles. The van der Waals surface area contributed by atoms with Gasteiger partial charge in [0.05, 0.1) is 11.4 Å². The molecule has 2 aromatic rings. The number of rotatable bonds is 4. The molecule has 0 amide bonds. The molecule has 0 aliphatic heterocycles. The second-order valence-electron chi connectivity index (χ2n) is 5.06. The van der Waals surface area contributed by atoms with E-state index >= 15 is 0 Å². The number of thiophene rings is 1. The Balaban J connectivity index is 2.05. The first kappa shape index (κ1) is 12.8. The normalized spacial score (nSPS) is 11.4. The SMILES string of the molecule is CC(C)(CNc1ccc(N)c(N)c1)c1cccs1. The first-order chi connectivity index (χ1) is 8.49. The fourth-order valence-corrected chi connectivity index (χ4v) is 2.61. The van der Waals surface area contributed by atoms with Crippen LogP contribution in [0.1, 0.15) is 18.7 Å². The molecule has 1 aromatic carbocycles. The van der Waals surface area contributed by atoms with Gasteiger partial charge in [-0.05, 0) is 29.6 Å². The Morgan fingerprint density at radius 3 is 2.56 bits per heavy atom. The Kier molecular flexibility index (Phi) is 3.48. The third-order valence-corrected chi connectivity index (χ3v) is 4.25. The van der Waals surface area contributed by atoms with E-state index in [0.29, 0.717) is 11.4 Å². The molecule has 0 aliphatic carbocycles. The van der Waals surface area contributed by atoms with E-state index in [4.69, 9.17) is 11.5 Å². The third kappa shape index (κ3) is 2.76. The average Bonchev–Trinajstić information content (AvgIpc) is 2.85. The molecule has 3 nitrogen and oxygen atoms in total. The van der Waals surface area contributed by atoms with Crippen LogP contribution in [-0.4, -0.2) is 6.54 Å². The first-order valence-corrected chi connectivity index (χ1v) is 6.80. The number of nitrogens with two attached hydrogens (primary N) is 2. The van der Waals surface area contributed by atoms with Crippen LogP contribution >= 0.6 is 11.3 Å². The van der Waals surface area contributed by atoms with Crippen molar-refractivity contribution < 1.29 is 0 Å². The number of anilines is 3. The number of hydrogen-bond acceptors (Lipinski definition) is 4. The summed E-state index contributed by atoms with van der Waals surface area (Å²) in [6, 6.07) is 9.92. The molecule has 1 aromatic heterocycles. The van der Waals surface area contributed by atoms with Gasteiger partial charge in [-0.1, -0.05) is 19.9 Å². The Labute approximate surface area is 112 Å². The van der Waals surface area contributed by atoms with Gasteiger partial charge in [0.1, 0.15) is 0 Å². The van der Waals surface area contributed by atoms with E-state index in [2.05, 4.69) is 36.7 Å². The fraction of sp³-hybridized carbons (Fsp3) is 0.286. The average molecular weight is 261 g/mol. The van der Waals surface area contributed by atoms with Crippen LogP contribution in [0.2, 0.25) is 0 Å². The van der Waals surface area contributed by atoms with Crippen LogP contribution in [0.3, 0.4) is 0 Å². The lowest BCUT2D eigenvalue weighted by Gasteiger charge is -2.24. The predicted molar refractivity (Wildman–Crippen MR) is 81.1 cm³/mol. The number of hydrogen-bond donors (Lipinski definition) is 3. The van der Waals surface area contributed by atoms with E-state index in [-0.39, 0.29) is 5.41 Å². The van der Waals surface area contributed by atoms with Crippen molar-refractivity contribution in [1.29, 1.82) is 0 Å². The fourth-order valence-electron chi connectivity index (χ4n) is 1.76. The Hall–Kier alpha value is -1.68. The summed E-state index contributed by atoms with van der Waals surface area (Å²) in [6.07, 6.45) is 0. The van der Waals surface area contributed by atoms with Crippen molar-refractivity contribution in [2.45, 2.75) is 19.3 Å². The Morgan fingerprint density at radius 1 is 1.17 bits per heavy atom. The van der Waals surface area contributed by atoms with Crippen LogP contribution in [0.5, 0.6) is 0 Å². The van der Waals surface area contributed by atoms with Gasteiger partial charge in [-0.2, -0.15) is 0 Å². The lowest BCUT2D eigenvalue weighted by Crippen LogP contribution is -2.26. The largest absolute Gasteiger partial charge is 0.397 e. The van der Waals surface area contributed by atoms with E-state index in [1.807, 2.05) is 18.2 Å². The Morgan fingerprint density at radius 2 is 1.94 bits per heavy atom. The molecule has 0 saturated carbocycles. The lowest BCUT2D eigenvalue weighted by molar-refractivity contribution is 0.569. The smallest absolute Gasteiger partial charge is 0.0568 e. The highest BCUT2D eigenvalue weighted by molar-refractivity contribution is 7.10.